The van der Waals surface area contributed by atoms with Crippen molar-refractivity contribution in [2.24, 2.45) is 10.1 Å². The molecular formula is C12H17N6O2+. The standard InChI is InChI=1S/C12H16N6O2/c1-5-17-10(19)8-9(16(4)12(17)20)13-11-15-14-6(2)7(3)18(8)11/h7-8H,5H2,1-4H3/p+1. The summed E-state index contributed by atoms with van der Waals surface area (Å²) in [6.45, 7) is 6.00. The highest BCUT2D eigenvalue weighted by molar-refractivity contribution is 6.23. The van der Waals surface area contributed by atoms with Gasteiger partial charge < -0.3 is 0 Å². The fourth-order valence-electron chi connectivity index (χ4n) is 2.70. The van der Waals surface area contributed by atoms with E-state index in [4.69, 9.17) is 0 Å². The third kappa shape index (κ3) is 1.44. The average Bonchev–Trinajstić information content (AvgIpc) is 2.82. The molecule has 8 nitrogen and oxygen atoms in total. The Kier molecular flexibility index (Phi) is 2.63. The van der Waals surface area contributed by atoms with Crippen molar-refractivity contribution in [2.45, 2.75) is 32.9 Å². The lowest BCUT2D eigenvalue weighted by Crippen LogP contribution is -2.64. The Hall–Kier alpha value is -2.25. The summed E-state index contributed by atoms with van der Waals surface area (Å²) in [6, 6.07) is -0.930. The highest BCUT2D eigenvalue weighted by atomic mass is 16.2. The first-order valence-corrected chi connectivity index (χ1v) is 6.60. The monoisotopic (exact) mass is 277 g/mol. The Morgan fingerprint density at radius 2 is 2.10 bits per heavy atom. The second kappa shape index (κ2) is 4.12. The summed E-state index contributed by atoms with van der Waals surface area (Å²) < 4.78 is 1.88. The molecule has 0 aromatic carbocycles. The molecule has 0 bridgehead atoms. The number of rotatable bonds is 1. The van der Waals surface area contributed by atoms with Crippen LogP contribution < -0.4 is 5.43 Å². The molecule has 2 unspecified atom stereocenters. The van der Waals surface area contributed by atoms with Crippen LogP contribution in [0.2, 0.25) is 0 Å². The molecule has 2 atom stereocenters. The predicted molar refractivity (Wildman–Crippen MR) is 72.7 cm³/mol. The summed E-state index contributed by atoms with van der Waals surface area (Å²) in [6.07, 6.45) is 0. The van der Waals surface area contributed by atoms with Crippen molar-refractivity contribution in [2.75, 3.05) is 13.6 Å². The normalized spacial score (nSPS) is 29.0. The molecule has 3 aliphatic rings. The van der Waals surface area contributed by atoms with Crippen molar-refractivity contribution in [3.63, 3.8) is 0 Å². The van der Waals surface area contributed by atoms with Crippen LogP contribution in [-0.2, 0) is 4.79 Å². The number of urea groups is 1. The third-order valence-electron chi connectivity index (χ3n) is 4.02. The number of likely N-dealkylation sites (N-methyl/N-ethyl adjacent to an activating group) is 2. The molecule has 3 aliphatic heterocycles. The molecule has 106 valence electrons. The molecule has 20 heavy (non-hydrogen) atoms. The molecule has 0 aliphatic carbocycles. The van der Waals surface area contributed by atoms with Crippen LogP contribution in [0, 0.1) is 0 Å². The van der Waals surface area contributed by atoms with E-state index in [0.717, 1.165) is 5.71 Å². The molecule has 0 spiro atoms. The van der Waals surface area contributed by atoms with Crippen LogP contribution in [0.25, 0.3) is 0 Å². The van der Waals surface area contributed by atoms with Crippen LogP contribution in [-0.4, -0.2) is 69.5 Å². The number of amides is 3. The molecule has 1 fully saturated rings. The van der Waals surface area contributed by atoms with E-state index in [1.807, 2.05) is 18.4 Å². The number of nitrogens with one attached hydrogen (secondary N) is 1. The van der Waals surface area contributed by atoms with Gasteiger partial charge in [-0.05, 0) is 20.8 Å². The molecule has 3 amide bonds. The van der Waals surface area contributed by atoms with Crippen LogP contribution in [0.5, 0.6) is 0 Å². The minimum atomic E-state index is -0.555. The number of hydrogen-bond donors (Lipinski definition) is 1. The Balaban J connectivity index is 2.06. The first-order chi connectivity index (χ1) is 9.47. The predicted octanol–water partition coefficient (Wildman–Crippen LogP) is -0.583. The number of nitrogens with zero attached hydrogens (tertiary/aromatic N) is 5. The van der Waals surface area contributed by atoms with E-state index >= 15 is 0 Å². The first-order valence-electron chi connectivity index (χ1n) is 6.60. The zero-order valence-corrected chi connectivity index (χ0v) is 11.9. The molecule has 3 rings (SSSR count). The summed E-state index contributed by atoms with van der Waals surface area (Å²) in [5, 5.41) is 4.17. The van der Waals surface area contributed by atoms with Gasteiger partial charge in [-0.1, -0.05) is 4.99 Å². The number of carbonyl (C=O) groups is 2. The maximum absolute atomic E-state index is 12.6. The fourth-order valence-corrected chi connectivity index (χ4v) is 2.70. The van der Waals surface area contributed by atoms with Gasteiger partial charge in [-0.15, -0.1) is 5.10 Å². The molecule has 0 aromatic rings. The van der Waals surface area contributed by atoms with E-state index in [2.05, 4.69) is 15.5 Å². The first kappa shape index (κ1) is 12.8. The Labute approximate surface area is 116 Å². The lowest BCUT2D eigenvalue weighted by molar-refractivity contribution is -0.555. The maximum atomic E-state index is 12.6. The van der Waals surface area contributed by atoms with Crippen molar-refractivity contribution in [1.82, 2.24) is 15.2 Å². The van der Waals surface area contributed by atoms with Gasteiger partial charge in [-0.2, -0.15) is 5.43 Å². The number of imide groups is 1. The number of guanidine groups is 1. The topological polar surface area (TPSA) is 80.4 Å². The molecule has 3 heterocycles. The van der Waals surface area contributed by atoms with E-state index in [9.17, 15) is 9.59 Å². The zero-order valence-electron chi connectivity index (χ0n) is 11.9. The second-order valence-corrected chi connectivity index (χ2v) is 5.07. The smallest absolute Gasteiger partial charge is 0.270 e. The number of carbonyl (C=O) groups excluding carboxylic acids is 2. The van der Waals surface area contributed by atoms with Crippen molar-refractivity contribution in [3.05, 3.63) is 0 Å². The van der Waals surface area contributed by atoms with Gasteiger partial charge >= 0.3 is 12.0 Å². The SMILES string of the molecule is CCN1C(=O)C2C(=NC3=[N+]2C(C)C(C)=NN3)N(C)C1=O. The van der Waals surface area contributed by atoms with Crippen LogP contribution in [0.15, 0.2) is 10.1 Å². The summed E-state index contributed by atoms with van der Waals surface area (Å²) >= 11 is 0. The molecule has 8 heteroatoms. The van der Waals surface area contributed by atoms with Gasteiger partial charge in [0.15, 0.2) is 0 Å². The summed E-state index contributed by atoms with van der Waals surface area (Å²) in [7, 11) is 1.64. The Bertz CT molecular complexity index is 605. The van der Waals surface area contributed by atoms with Gasteiger partial charge in [0, 0.05) is 13.6 Å². The third-order valence-corrected chi connectivity index (χ3v) is 4.02. The largest absolute Gasteiger partial charge is 0.414 e. The van der Waals surface area contributed by atoms with Crippen molar-refractivity contribution in [1.29, 1.82) is 0 Å². The minimum absolute atomic E-state index is 0.0400. The molecule has 1 N–H and O–H groups in total. The Morgan fingerprint density at radius 3 is 2.75 bits per heavy atom. The average molecular weight is 277 g/mol. The van der Waals surface area contributed by atoms with Crippen LogP contribution in [0.4, 0.5) is 4.79 Å². The van der Waals surface area contributed by atoms with Gasteiger partial charge in [0.2, 0.25) is 11.9 Å². The lowest BCUT2D eigenvalue weighted by atomic mass is 10.1. The number of fused-ring (bicyclic) bond motifs is 2. The van der Waals surface area contributed by atoms with E-state index in [1.165, 1.54) is 9.80 Å². The molecule has 0 saturated carbocycles. The zero-order chi connectivity index (χ0) is 14.6. The highest BCUT2D eigenvalue weighted by Crippen LogP contribution is 2.22. The van der Waals surface area contributed by atoms with Crippen LogP contribution in [0.1, 0.15) is 20.8 Å². The van der Waals surface area contributed by atoms with E-state index in [0.29, 0.717) is 18.3 Å². The number of amidine groups is 1. The number of aliphatic imine (C=N–C) groups is 1. The van der Waals surface area contributed by atoms with Gasteiger partial charge in [-0.25, -0.2) is 9.37 Å². The van der Waals surface area contributed by atoms with Crippen molar-refractivity contribution < 1.29 is 14.2 Å². The van der Waals surface area contributed by atoms with E-state index < -0.39 is 6.04 Å². The molecule has 0 aromatic heterocycles. The maximum Gasteiger partial charge on any atom is 0.414 e. The minimum Gasteiger partial charge on any atom is -0.270 e. The van der Waals surface area contributed by atoms with Crippen molar-refractivity contribution >= 4 is 29.4 Å². The van der Waals surface area contributed by atoms with Crippen molar-refractivity contribution in [3.8, 4) is 0 Å². The summed E-state index contributed by atoms with van der Waals surface area (Å²) in [5.41, 5.74) is 3.72. The molecule has 1 saturated heterocycles. The summed E-state index contributed by atoms with van der Waals surface area (Å²) in [5.74, 6) is 0.755. The Morgan fingerprint density at radius 1 is 1.40 bits per heavy atom. The summed E-state index contributed by atoms with van der Waals surface area (Å²) in [4.78, 5) is 31.8. The second-order valence-electron chi connectivity index (χ2n) is 5.07. The lowest BCUT2D eigenvalue weighted by Gasteiger charge is -2.34. The van der Waals surface area contributed by atoms with Gasteiger partial charge in [-0.3, -0.25) is 14.6 Å². The van der Waals surface area contributed by atoms with Crippen LogP contribution in [0.3, 0.4) is 0 Å². The van der Waals surface area contributed by atoms with E-state index in [1.54, 1.807) is 14.0 Å². The highest BCUT2D eigenvalue weighted by Gasteiger charge is 2.54. The van der Waals surface area contributed by atoms with E-state index in [-0.39, 0.29) is 18.0 Å². The molecule has 0 radical (unpaired) electrons. The number of hydrogen-bond acceptors (Lipinski definition) is 5. The van der Waals surface area contributed by atoms with Gasteiger partial charge in [0.1, 0.15) is 6.04 Å². The van der Waals surface area contributed by atoms with Gasteiger partial charge in [0.05, 0.1) is 5.71 Å². The molecular weight excluding hydrogens is 260 g/mol. The fraction of sp³-hybridized carbons (Fsp3) is 0.583. The number of hydrazone groups is 1. The van der Waals surface area contributed by atoms with Gasteiger partial charge in [0.25, 0.3) is 5.91 Å². The van der Waals surface area contributed by atoms with Crippen LogP contribution >= 0.6 is 0 Å². The quantitative estimate of drug-likeness (QED) is 0.651.